The van der Waals surface area contributed by atoms with Gasteiger partial charge in [0, 0.05) is 30.9 Å². The lowest BCUT2D eigenvalue weighted by atomic mass is 9.98. The molecular formula is C18H30N2O. The van der Waals surface area contributed by atoms with Crippen molar-refractivity contribution >= 4 is 5.69 Å². The van der Waals surface area contributed by atoms with Crippen LogP contribution in [0.5, 0.6) is 5.75 Å². The molecule has 118 valence electrons. The van der Waals surface area contributed by atoms with Gasteiger partial charge in [0.15, 0.2) is 0 Å². The van der Waals surface area contributed by atoms with E-state index in [1.54, 1.807) is 0 Å². The summed E-state index contributed by atoms with van der Waals surface area (Å²) in [4.78, 5) is 2.56. The number of ether oxygens (including phenoxy) is 1. The van der Waals surface area contributed by atoms with Crippen molar-refractivity contribution in [2.75, 3.05) is 24.6 Å². The van der Waals surface area contributed by atoms with Crippen molar-refractivity contribution in [2.24, 2.45) is 5.92 Å². The predicted molar refractivity (Wildman–Crippen MR) is 90.3 cm³/mol. The molecule has 0 aromatic heterocycles. The third-order valence-corrected chi connectivity index (χ3v) is 4.37. The minimum absolute atomic E-state index is 0.573. The van der Waals surface area contributed by atoms with Crippen LogP contribution < -0.4 is 15.0 Å². The van der Waals surface area contributed by atoms with Crippen molar-refractivity contribution in [2.45, 2.75) is 52.6 Å². The monoisotopic (exact) mass is 290 g/mol. The van der Waals surface area contributed by atoms with Crippen molar-refractivity contribution in [1.82, 2.24) is 5.32 Å². The molecule has 2 atom stereocenters. The van der Waals surface area contributed by atoms with E-state index in [1.807, 2.05) is 0 Å². The second-order valence-corrected chi connectivity index (χ2v) is 6.32. The third kappa shape index (κ3) is 4.13. The largest absolute Gasteiger partial charge is 0.494 e. The van der Waals surface area contributed by atoms with Gasteiger partial charge in [-0.25, -0.2) is 0 Å². The molecule has 1 aromatic rings. The number of rotatable bonds is 6. The number of hydrogen-bond donors (Lipinski definition) is 1. The molecule has 0 radical (unpaired) electrons. The fourth-order valence-corrected chi connectivity index (χ4v) is 2.90. The van der Waals surface area contributed by atoms with Crippen LogP contribution >= 0.6 is 0 Å². The molecule has 1 aliphatic heterocycles. The fraction of sp³-hybridized carbons (Fsp3) is 0.667. The average molecular weight is 290 g/mol. The Labute approximate surface area is 129 Å². The molecule has 0 bridgehead atoms. The topological polar surface area (TPSA) is 24.5 Å². The van der Waals surface area contributed by atoms with E-state index >= 15 is 0 Å². The van der Waals surface area contributed by atoms with E-state index < -0.39 is 0 Å². The summed E-state index contributed by atoms with van der Waals surface area (Å²) < 4.78 is 5.68. The van der Waals surface area contributed by atoms with Crippen LogP contribution in [0, 0.1) is 5.92 Å². The summed E-state index contributed by atoms with van der Waals surface area (Å²) in [5.41, 5.74) is 1.32. The van der Waals surface area contributed by atoms with Gasteiger partial charge in [-0.2, -0.15) is 0 Å². The Morgan fingerprint density at radius 2 is 1.95 bits per heavy atom. The molecule has 1 fully saturated rings. The van der Waals surface area contributed by atoms with E-state index in [9.17, 15) is 0 Å². The Morgan fingerprint density at radius 3 is 2.52 bits per heavy atom. The number of anilines is 1. The molecule has 1 N–H and O–H groups in total. The van der Waals surface area contributed by atoms with Crippen LogP contribution in [-0.2, 0) is 0 Å². The van der Waals surface area contributed by atoms with E-state index in [-0.39, 0.29) is 0 Å². The highest BCUT2D eigenvalue weighted by Crippen LogP contribution is 2.25. The van der Waals surface area contributed by atoms with Crippen LogP contribution in [0.2, 0.25) is 0 Å². The summed E-state index contributed by atoms with van der Waals surface area (Å²) in [5.74, 6) is 1.64. The second kappa shape index (κ2) is 7.69. The highest BCUT2D eigenvalue weighted by Gasteiger charge is 2.28. The van der Waals surface area contributed by atoms with E-state index in [0.717, 1.165) is 31.9 Å². The molecule has 0 aliphatic carbocycles. The Hall–Kier alpha value is -1.22. The highest BCUT2D eigenvalue weighted by molar-refractivity contribution is 5.50. The van der Waals surface area contributed by atoms with Gasteiger partial charge in [-0.3, -0.25) is 0 Å². The summed E-state index contributed by atoms with van der Waals surface area (Å²) in [7, 11) is 0. The summed E-state index contributed by atoms with van der Waals surface area (Å²) in [6.07, 6.45) is 2.22. The Bertz CT molecular complexity index is 416. The Kier molecular flexibility index (Phi) is 5.92. The number of benzene rings is 1. The SMILES string of the molecule is CCCOc1ccc(N2CC(C(C)C)NCC2CC)cc1. The van der Waals surface area contributed by atoms with E-state index in [0.29, 0.717) is 18.0 Å². The molecule has 2 rings (SSSR count). The molecule has 3 heteroatoms. The molecule has 2 unspecified atom stereocenters. The quantitative estimate of drug-likeness (QED) is 0.865. The second-order valence-electron chi connectivity index (χ2n) is 6.32. The molecule has 1 saturated heterocycles. The molecule has 1 heterocycles. The van der Waals surface area contributed by atoms with E-state index in [1.165, 1.54) is 12.1 Å². The van der Waals surface area contributed by atoms with Crippen molar-refractivity contribution < 1.29 is 4.74 Å². The molecular weight excluding hydrogens is 260 g/mol. The molecule has 3 nitrogen and oxygen atoms in total. The van der Waals surface area contributed by atoms with Crippen molar-refractivity contribution in [1.29, 1.82) is 0 Å². The molecule has 1 aliphatic rings. The third-order valence-electron chi connectivity index (χ3n) is 4.37. The van der Waals surface area contributed by atoms with Gasteiger partial charge in [-0.05, 0) is 43.0 Å². The maximum Gasteiger partial charge on any atom is 0.119 e. The number of piperazine rings is 1. The number of hydrogen-bond acceptors (Lipinski definition) is 3. The highest BCUT2D eigenvalue weighted by atomic mass is 16.5. The predicted octanol–water partition coefficient (Wildman–Crippen LogP) is 3.69. The van der Waals surface area contributed by atoms with Gasteiger partial charge in [-0.15, -0.1) is 0 Å². The maximum absolute atomic E-state index is 5.68. The zero-order valence-corrected chi connectivity index (χ0v) is 13.9. The summed E-state index contributed by atoms with van der Waals surface area (Å²) in [5, 5.41) is 3.69. The molecule has 0 saturated carbocycles. The fourth-order valence-electron chi connectivity index (χ4n) is 2.90. The first-order valence-corrected chi connectivity index (χ1v) is 8.38. The van der Waals surface area contributed by atoms with E-state index in [4.69, 9.17) is 4.74 Å². The average Bonchev–Trinajstić information content (AvgIpc) is 2.52. The van der Waals surface area contributed by atoms with Crippen LogP contribution in [0.4, 0.5) is 5.69 Å². The summed E-state index contributed by atoms with van der Waals surface area (Å²) >= 11 is 0. The first-order valence-electron chi connectivity index (χ1n) is 8.38. The minimum atomic E-state index is 0.573. The van der Waals surface area contributed by atoms with Crippen molar-refractivity contribution in [3.8, 4) is 5.75 Å². The van der Waals surface area contributed by atoms with E-state index in [2.05, 4.69) is 62.2 Å². The molecule has 1 aromatic carbocycles. The molecule has 0 amide bonds. The van der Waals surface area contributed by atoms with Gasteiger partial charge >= 0.3 is 0 Å². The zero-order chi connectivity index (χ0) is 15.2. The van der Waals surface area contributed by atoms with Gasteiger partial charge in [0.1, 0.15) is 5.75 Å². The first-order chi connectivity index (χ1) is 10.2. The van der Waals surface area contributed by atoms with Crippen LogP contribution in [0.25, 0.3) is 0 Å². The van der Waals surface area contributed by atoms with Gasteiger partial charge < -0.3 is 15.0 Å². The lowest BCUT2D eigenvalue weighted by Crippen LogP contribution is -2.58. The van der Waals surface area contributed by atoms with Crippen molar-refractivity contribution in [3.63, 3.8) is 0 Å². The lowest BCUT2D eigenvalue weighted by Gasteiger charge is -2.43. The van der Waals surface area contributed by atoms with Crippen LogP contribution in [0.1, 0.15) is 40.5 Å². The van der Waals surface area contributed by atoms with Crippen LogP contribution in [0.3, 0.4) is 0 Å². The smallest absolute Gasteiger partial charge is 0.119 e. The molecule has 21 heavy (non-hydrogen) atoms. The van der Waals surface area contributed by atoms with Crippen LogP contribution in [-0.4, -0.2) is 31.8 Å². The maximum atomic E-state index is 5.68. The number of nitrogens with one attached hydrogen (secondary N) is 1. The van der Waals surface area contributed by atoms with Gasteiger partial charge in [-0.1, -0.05) is 27.7 Å². The standard InChI is InChI=1S/C18H30N2O/c1-5-11-21-17-9-7-16(8-10-17)20-13-18(14(3)4)19-12-15(20)6-2/h7-10,14-15,18-19H,5-6,11-13H2,1-4H3. The van der Waals surface area contributed by atoms with Crippen LogP contribution in [0.15, 0.2) is 24.3 Å². The summed E-state index contributed by atoms with van der Waals surface area (Å²) in [6, 6.07) is 9.77. The zero-order valence-electron chi connectivity index (χ0n) is 13.9. The van der Waals surface area contributed by atoms with Gasteiger partial charge in [0.2, 0.25) is 0 Å². The first kappa shape index (κ1) is 16.2. The van der Waals surface area contributed by atoms with Crippen molar-refractivity contribution in [3.05, 3.63) is 24.3 Å². The molecule has 0 spiro atoms. The van der Waals surface area contributed by atoms with Gasteiger partial charge in [0.25, 0.3) is 0 Å². The number of nitrogens with zero attached hydrogens (tertiary/aromatic N) is 1. The summed E-state index contributed by atoms with van der Waals surface area (Å²) in [6.45, 7) is 12.0. The normalized spacial score (nSPS) is 22.6. The van der Waals surface area contributed by atoms with Gasteiger partial charge in [0.05, 0.1) is 6.61 Å². The lowest BCUT2D eigenvalue weighted by molar-refractivity contribution is 0.316. The Balaban J connectivity index is 2.09. The Morgan fingerprint density at radius 1 is 1.24 bits per heavy atom. The minimum Gasteiger partial charge on any atom is -0.494 e.